The molecule has 0 saturated heterocycles. The van der Waals surface area contributed by atoms with E-state index in [0.29, 0.717) is 25.7 Å². The van der Waals surface area contributed by atoms with Crippen molar-refractivity contribution in [2.75, 3.05) is 39.6 Å². The topological polar surface area (TPSA) is 237 Å². The molecule has 0 aromatic carbocycles. The molecule has 97 heavy (non-hydrogen) atoms. The van der Waals surface area contributed by atoms with E-state index >= 15 is 0 Å². The van der Waals surface area contributed by atoms with Crippen molar-refractivity contribution >= 4 is 39.5 Å². The fourth-order valence-corrected chi connectivity index (χ4v) is 13.6. The van der Waals surface area contributed by atoms with Gasteiger partial charge in [-0.25, -0.2) is 9.13 Å². The lowest BCUT2D eigenvalue weighted by atomic mass is 9.99. The number of unbranched alkanes of at least 4 members (excludes halogenated alkanes) is 46. The lowest BCUT2D eigenvalue weighted by Crippen LogP contribution is -2.30. The summed E-state index contributed by atoms with van der Waals surface area (Å²) in [6.07, 6.45) is 58.2. The summed E-state index contributed by atoms with van der Waals surface area (Å²) in [4.78, 5) is 72.9. The Balaban J connectivity index is 5.23. The highest BCUT2D eigenvalue weighted by Gasteiger charge is 2.30. The summed E-state index contributed by atoms with van der Waals surface area (Å²) in [5.74, 6) is -0.573. The number of ether oxygens (including phenoxy) is 4. The number of hydrogen-bond acceptors (Lipinski definition) is 15. The molecule has 0 aromatic rings. The predicted octanol–water partition coefficient (Wildman–Crippen LogP) is 23.1. The minimum atomic E-state index is -4.96. The number of carbonyl (C=O) groups excluding carboxylic acids is 4. The third-order valence-electron chi connectivity index (χ3n) is 18.6. The molecule has 0 rings (SSSR count). The Kier molecular flexibility index (Phi) is 68.4. The fraction of sp³-hybridized carbons (Fsp3) is 0.949. The Morgan fingerprint density at radius 2 is 0.526 bits per heavy atom. The highest BCUT2D eigenvalue weighted by Crippen LogP contribution is 2.45. The third-order valence-corrected chi connectivity index (χ3v) is 20.5. The number of phosphoric ester groups is 2. The molecule has 3 unspecified atom stereocenters. The number of carbonyl (C=O) groups is 4. The molecule has 0 fully saturated rings. The summed E-state index contributed by atoms with van der Waals surface area (Å²) in [6.45, 7) is 9.61. The Labute approximate surface area is 594 Å². The average molecular weight is 1420 g/mol. The third kappa shape index (κ3) is 70.9. The molecule has 0 aliphatic carbocycles. The lowest BCUT2D eigenvalue weighted by Gasteiger charge is -2.21. The average Bonchev–Trinajstić information content (AvgIpc) is 1.06. The Morgan fingerprint density at radius 3 is 0.784 bits per heavy atom. The van der Waals surface area contributed by atoms with E-state index in [0.717, 1.165) is 102 Å². The van der Waals surface area contributed by atoms with Crippen LogP contribution in [0.3, 0.4) is 0 Å². The van der Waals surface area contributed by atoms with Gasteiger partial charge in [-0.15, -0.1) is 0 Å². The van der Waals surface area contributed by atoms with E-state index in [4.69, 9.17) is 37.0 Å². The molecule has 19 heteroatoms. The zero-order chi connectivity index (χ0) is 71.4. The number of phosphoric acid groups is 2. The van der Waals surface area contributed by atoms with Crippen molar-refractivity contribution < 1.29 is 80.2 Å². The van der Waals surface area contributed by atoms with Crippen molar-refractivity contribution in [3.63, 3.8) is 0 Å². The van der Waals surface area contributed by atoms with Crippen molar-refractivity contribution in [3.05, 3.63) is 0 Å². The summed E-state index contributed by atoms with van der Waals surface area (Å²) in [6, 6.07) is 0. The van der Waals surface area contributed by atoms with Crippen LogP contribution in [0.5, 0.6) is 0 Å². The van der Waals surface area contributed by atoms with E-state index in [1.54, 1.807) is 0 Å². The van der Waals surface area contributed by atoms with E-state index in [1.807, 2.05) is 0 Å². The minimum Gasteiger partial charge on any atom is -0.462 e. The van der Waals surface area contributed by atoms with Crippen LogP contribution in [0.2, 0.25) is 0 Å². The molecule has 0 spiro atoms. The Bertz CT molecular complexity index is 1870. The summed E-state index contributed by atoms with van der Waals surface area (Å²) in [5.41, 5.74) is 0. The van der Waals surface area contributed by atoms with Gasteiger partial charge in [-0.3, -0.25) is 37.3 Å². The first kappa shape index (κ1) is 95.1. The van der Waals surface area contributed by atoms with Crippen molar-refractivity contribution in [1.82, 2.24) is 0 Å². The molecule has 0 amide bonds. The van der Waals surface area contributed by atoms with Crippen LogP contribution < -0.4 is 0 Å². The van der Waals surface area contributed by atoms with Crippen LogP contribution in [-0.4, -0.2) is 96.7 Å². The van der Waals surface area contributed by atoms with Gasteiger partial charge in [-0.1, -0.05) is 356 Å². The SMILES string of the molecule is CCCCCCCCCCCCCCCCCCCCCCC(=O)O[C@H](COC(=O)CCCCCCCCCCCCCC(C)C)COP(=O)(O)OC[C@@H](O)COP(=O)(O)OC[C@@H](COC(=O)CCCCCCCCCCCCC)OC(=O)CCCCCCCCCCC(C)CC. The van der Waals surface area contributed by atoms with Crippen LogP contribution >= 0.6 is 15.6 Å². The van der Waals surface area contributed by atoms with Gasteiger partial charge in [-0.2, -0.15) is 0 Å². The maximum absolute atomic E-state index is 13.1. The highest BCUT2D eigenvalue weighted by molar-refractivity contribution is 7.47. The van der Waals surface area contributed by atoms with E-state index in [2.05, 4.69) is 41.5 Å². The first-order valence-electron chi connectivity index (χ1n) is 40.5. The summed E-state index contributed by atoms with van der Waals surface area (Å²) >= 11 is 0. The number of hydrogen-bond donors (Lipinski definition) is 3. The number of aliphatic hydroxyl groups excluding tert-OH is 1. The molecule has 0 bridgehead atoms. The zero-order valence-corrected chi connectivity index (χ0v) is 65.2. The van der Waals surface area contributed by atoms with E-state index in [1.165, 1.54) is 225 Å². The normalized spacial score (nSPS) is 14.2. The molecule has 3 N–H and O–H groups in total. The first-order chi connectivity index (χ1) is 46.9. The highest BCUT2D eigenvalue weighted by atomic mass is 31.2. The Hall–Kier alpha value is -1.94. The molecular weight excluding hydrogens is 1270 g/mol. The predicted molar refractivity (Wildman–Crippen MR) is 395 cm³/mol. The fourth-order valence-electron chi connectivity index (χ4n) is 12.0. The molecule has 0 aliphatic rings. The van der Waals surface area contributed by atoms with E-state index in [-0.39, 0.29) is 25.7 Å². The van der Waals surface area contributed by atoms with Gasteiger partial charge in [0.15, 0.2) is 12.2 Å². The largest absolute Gasteiger partial charge is 0.472 e. The molecule has 576 valence electrons. The number of aliphatic hydroxyl groups is 1. The minimum absolute atomic E-state index is 0.105. The number of esters is 4. The van der Waals surface area contributed by atoms with Crippen molar-refractivity contribution in [2.24, 2.45) is 11.8 Å². The maximum atomic E-state index is 13.1. The van der Waals surface area contributed by atoms with Gasteiger partial charge in [-0.05, 0) is 37.5 Å². The van der Waals surface area contributed by atoms with Crippen LogP contribution in [0.15, 0.2) is 0 Å². The summed E-state index contributed by atoms with van der Waals surface area (Å²) in [7, 11) is -9.91. The second-order valence-corrected chi connectivity index (χ2v) is 31.7. The molecule has 0 aromatic heterocycles. The van der Waals surface area contributed by atoms with Gasteiger partial charge in [0.2, 0.25) is 0 Å². The van der Waals surface area contributed by atoms with Crippen LogP contribution in [0, 0.1) is 11.8 Å². The van der Waals surface area contributed by atoms with Crippen molar-refractivity contribution in [2.45, 2.75) is 426 Å². The smallest absolute Gasteiger partial charge is 0.462 e. The van der Waals surface area contributed by atoms with Crippen LogP contribution in [0.4, 0.5) is 0 Å². The summed E-state index contributed by atoms with van der Waals surface area (Å²) < 4.78 is 68.6. The molecular formula is C78H152O17P2. The molecule has 0 heterocycles. The van der Waals surface area contributed by atoms with E-state index < -0.39 is 97.5 Å². The monoisotopic (exact) mass is 1420 g/mol. The molecule has 0 aliphatic heterocycles. The maximum Gasteiger partial charge on any atom is 0.472 e. The van der Waals surface area contributed by atoms with Gasteiger partial charge in [0.1, 0.15) is 19.3 Å². The van der Waals surface area contributed by atoms with Gasteiger partial charge in [0.05, 0.1) is 26.4 Å². The van der Waals surface area contributed by atoms with Crippen molar-refractivity contribution in [1.29, 1.82) is 0 Å². The van der Waals surface area contributed by atoms with Gasteiger partial charge < -0.3 is 33.8 Å². The quantitative estimate of drug-likeness (QED) is 0.0222. The molecule has 17 nitrogen and oxygen atoms in total. The molecule has 0 radical (unpaired) electrons. The Morgan fingerprint density at radius 1 is 0.299 bits per heavy atom. The van der Waals surface area contributed by atoms with Crippen LogP contribution in [-0.2, 0) is 65.4 Å². The van der Waals surface area contributed by atoms with E-state index in [9.17, 15) is 43.2 Å². The van der Waals surface area contributed by atoms with Gasteiger partial charge in [0, 0.05) is 25.7 Å². The molecule has 0 saturated carbocycles. The molecule has 6 atom stereocenters. The standard InChI is InChI=1S/C78H152O17P2/c1-7-10-12-14-16-18-20-21-22-23-24-25-26-27-28-32-37-44-50-56-62-77(82)94-73(66-89-76(81)61-55-49-43-36-33-29-31-34-40-46-52-58-70(4)5)68-92-96(84,85)90-64-72(79)65-91-97(86,87)93-69-74(67-88-75(80)60-54-48-42-35-30-19-17-15-13-11-8-2)95-78(83)63-57-51-45-39-38-41-47-53-59-71(6)9-3/h70-74,79H,7-69H2,1-6H3,(H,84,85)(H,86,87)/t71?,72-,73-,74-/m1/s1. The lowest BCUT2D eigenvalue weighted by molar-refractivity contribution is -0.161. The second kappa shape index (κ2) is 69.8. The van der Waals surface area contributed by atoms with Gasteiger partial charge in [0.25, 0.3) is 0 Å². The van der Waals surface area contributed by atoms with Crippen LogP contribution in [0.1, 0.15) is 408 Å². The first-order valence-corrected chi connectivity index (χ1v) is 43.5. The number of rotatable bonds is 77. The van der Waals surface area contributed by atoms with Crippen LogP contribution in [0.25, 0.3) is 0 Å². The summed E-state index contributed by atoms with van der Waals surface area (Å²) in [5, 5.41) is 10.6. The van der Waals surface area contributed by atoms with Gasteiger partial charge >= 0.3 is 39.5 Å². The second-order valence-electron chi connectivity index (χ2n) is 28.8. The van der Waals surface area contributed by atoms with Crippen molar-refractivity contribution in [3.8, 4) is 0 Å². The zero-order valence-electron chi connectivity index (χ0n) is 63.4.